The van der Waals surface area contributed by atoms with Crippen LogP contribution in [0.25, 0.3) is 17.2 Å². The van der Waals surface area contributed by atoms with Crippen molar-refractivity contribution >= 4 is 0 Å². The van der Waals surface area contributed by atoms with Gasteiger partial charge in [-0.05, 0) is 23.4 Å². The molecule has 90 valence electrons. The minimum atomic E-state index is 0.419. The fraction of sp³-hybridized carbons (Fsp3) is 0. The highest BCUT2D eigenvalue weighted by molar-refractivity contribution is 5.47. The van der Waals surface area contributed by atoms with Crippen molar-refractivity contribution in [1.82, 2.24) is 30.2 Å². The van der Waals surface area contributed by atoms with Crippen molar-refractivity contribution in [1.29, 1.82) is 5.26 Å². The zero-order valence-corrected chi connectivity index (χ0v) is 9.67. The van der Waals surface area contributed by atoms with E-state index >= 15 is 0 Å². The summed E-state index contributed by atoms with van der Waals surface area (Å²) >= 11 is 0. The third-order valence-electron chi connectivity index (χ3n) is 2.39. The maximum atomic E-state index is 8.83. The smallest absolute Gasteiger partial charge is 0.223 e. The quantitative estimate of drug-likeness (QED) is 0.672. The molecule has 0 aliphatic heterocycles. The Balaban J connectivity index is 2.00. The highest BCUT2D eigenvalue weighted by atomic mass is 15.6. The van der Waals surface area contributed by atoms with Gasteiger partial charge in [-0.1, -0.05) is 6.07 Å². The van der Waals surface area contributed by atoms with E-state index in [0.717, 1.165) is 0 Å². The molecule has 0 unspecified atom stereocenters. The van der Waals surface area contributed by atoms with Crippen LogP contribution < -0.4 is 0 Å². The SMILES string of the molecule is N#Cc1cncc(-n2nnc(-c3ccccn3)n2)c1. The molecule has 3 heterocycles. The van der Waals surface area contributed by atoms with Crippen LogP contribution in [-0.2, 0) is 0 Å². The van der Waals surface area contributed by atoms with Gasteiger partial charge in [0.05, 0.1) is 11.8 Å². The summed E-state index contributed by atoms with van der Waals surface area (Å²) in [5.74, 6) is 0.419. The molecule has 0 aliphatic rings. The molecule has 7 heteroatoms. The van der Waals surface area contributed by atoms with Gasteiger partial charge < -0.3 is 0 Å². The van der Waals surface area contributed by atoms with Crippen molar-refractivity contribution in [2.45, 2.75) is 0 Å². The average Bonchev–Trinajstić information content (AvgIpc) is 2.98. The van der Waals surface area contributed by atoms with Crippen LogP contribution in [0.15, 0.2) is 42.9 Å². The topological polar surface area (TPSA) is 93.2 Å². The summed E-state index contributed by atoms with van der Waals surface area (Å²) < 4.78 is 0. The fourth-order valence-electron chi connectivity index (χ4n) is 1.52. The van der Waals surface area contributed by atoms with Crippen LogP contribution in [0.2, 0.25) is 0 Å². The molecular weight excluding hydrogens is 242 g/mol. The molecule has 3 aromatic heterocycles. The van der Waals surface area contributed by atoms with E-state index in [-0.39, 0.29) is 0 Å². The van der Waals surface area contributed by atoms with Crippen LogP contribution in [0.1, 0.15) is 5.56 Å². The lowest BCUT2D eigenvalue weighted by Gasteiger charge is -1.96. The average molecular weight is 249 g/mol. The zero-order chi connectivity index (χ0) is 13.1. The summed E-state index contributed by atoms with van der Waals surface area (Å²) in [5, 5.41) is 20.9. The van der Waals surface area contributed by atoms with E-state index in [9.17, 15) is 0 Å². The van der Waals surface area contributed by atoms with Gasteiger partial charge in [0.2, 0.25) is 5.82 Å². The van der Waals surface area contributed by atoms with Gasteiger partial charge in [-0.3, -0.25) is 9.97 Å². The van der Waals surface area contributed by atoms with E-state index in [1.807, 2.05) is 18.2 Å². The Morgan fingerprint density at radius 2 is 2.16 bits per heavy atom. The summed E-state index contributed by atoms with van der Waals surface area (Å²) in [6.07, 6.45) is 4.69. The molecule has 0 N–H and O–H groups in total. The number of aromatic nitrogens is 6. The first-order valence-corrected chi connectivity index (χ1v) is 5.44. The third kappa shape index (κ3) is 2.14. The molecule has 0 bridgehead atoms. The van der Waals surface area contributed by atoms with Gasteiger partial charge in [0.1, 0.15) is 17.5 Å². The summed E-state index contributed by atoms with van der Waals surface area (Å²) in [7, 11) is 0. The number of nitriles is 1. The van der Waals surface area contributed by atoms with E-state index in [0.29, 0.717) is 22.8 Å². The second-order valence-corrected chi connectivity index (χ2v) is 3.66. The first kappa shape index (κ1) is 11.0. The summed E-state index contributed by atoms with van der Waals surface area (Å²) in [5.41, 5.74) is 1.65. The number of tetrazole rings is 1. The Hall–Kier alpha value is -3.14. The van der Waals surface area contributed by atoms with Crippen molar-refractivity contribution < 1.29 is 0 Å². The van der Waals surface area contributed by atoms with Crippen LogP contribution in [0, 0.1) is 11.3 Å². The molecule has 0 saturated heterocycles. The zero-order valence-electron chi connectivity index (χ0n) is 9.67. The van der Waals surface area contributed by atoms with Crippen molar-refractivity contribution in [3.63, 3.8) is 0 Å². The lowest BCUT2D eigenvalue weighted by atomic mass is 10.3. The van der Waals surface area contributed by atoms with Gasteiger partial charge in [0, 0.05) is 12.4 Å². The molecule has 3 rings (SSSR count). The molecular formula is C12H7N7. The minimum Gasteiger partial charge on any atom is -0.261 e. The van der Waals surface area contributed by atoms with Gasteiger partial charge in [0.25, 0.3) is 0 Å². The molecule has 0 radical (unpaired) electrons. The first-order chi connectivity index (χ1) is 9.36. The third-order valence-corrected chi connectivity index (χ3v) is 2.39. The van der Waals surface area contributed by atoms with E-state index in [1.165, 1.54) is 11.0 Å². The molecule has 0 atom stereocenters. The van der Waals surface area contributed by atoms with E-state index in [2.05, 4.69) is 25.4 Å². The Kier molecular flexibility index (Phi) is 2.67. The number of nitrogens with zero attached hydrogens (tertiary/aromatic N) is 7. The molecule has 0 aromatic carbocycles. The summed E-state index contributed by atoms with van der Waals surface area (Å²) in [6.45, 7) is 0. The number of hydrogen-bond acceptors (Lipinski definition) is 6. The molecule has 3 aromatic rings. The van der Waals surface area contributed by atoms with Crippen LogP contribution in [-0.4, -0.2) is 30.2 Å². The van der Waals surface area contributed by atoms with Crippen molar-refractivity contribution in [2.24, 2.45) is 0 Å². The van der Waals surface area contributed by atoms with E-state index in [1.54, 1.807) is 24.5 Å². The standard InChI is InChI=1S/C12H7N7/c13-6-9-5-10(8-14-7-9)19-17-12(16-18-19)11-3-1-2-4-15-11/h1-5,7-8H. The van der Waals surface area contributed by atoms with E-state index in [4.69, 9.17) is 5.26 Å². The number of hydrogen-bond donors (Lipinski definition) is 0. The van der Waals surface area contributed by atoms with Crippen molar-refractivity contribution in [2.75, 3.05) is 0 Å². The molecule has 19 heavy (non-hydrogen) atoms. The van der Waals surface area contributed by atoms with Gasteiger partial charge in [-0.15, -0.1) is 15.0 Å². The van der Waals surface area contributed by atoms with Crippen LogP contribution in [0.4, 0.5) is 0 Å². The molecule has 0 amide bonds. The monoisotopic (exact) mass is 249 g/mol. The minimum absolute atomic E-state index is 0.419. The van der Waals surface area contributed by atoms with E-state index < -0.39 is 0 Å². The van der Waals surface area contributed by atoms with Crippen molar-refractivity contribution in [3.8, 4) is 23.3 Å². The highest BCUT2D eigenvalue weighted by Crippen LogP contribution is 2.11. The second kappa shape index (κ2) is 4.62. The maximum Gasteiger partial charge on any atom is 0.223 e. The Morgan fingerprint density at radius 1 is 1.21 bits per heavy atom. The van der Waals surface area contributed by atoms with Gasteiger partial charge in [0.15, 0.2) is 0 Å². The van der Waals surface area contributed by atoms with Crippen molar-refractivity contribution in [3.05, 3.63) is 48.4 Å². The second-order valence-electron chi connectivity index (χ2n) is 3.66. The van der Waals surface area contributed by atoms with Crippen LogP contribution >= 0.6 is 0 Å². The fourth-order valence-corrected chi connectivity index (χ4v) is 1.52. The summed E-state index contributed by atoms with van der Waals surface area (Å²) in [6, 6.07) is 9.11. The lowest BCUT2D eigenvalue weighted by molar-refractivity contribution is 0.716. The predicted molar refractivity (Wildman–Crippen MR) is 64.9 cm³/mol. The van der Waals surface area contributed by atoms with Gasteiger partial charge in [-0.25, -0.2) is 0 Å². The predicted octanol–water partition coefficient (Wildman–Crippen LogP) is 0.991. The van der Waals surface area contributed by atoms with Crippen LogP contribution in [0.3, 0.4) is 0 Å². The van der Waals surface area contributed by atoms with Gasteiger partial charge in [-0.2, -0.15) is 5.26 Å². The number of pyridine rings is 2. The highest BCUT2D eigenvalue weighted by Gasteiger charge is 2.08. The van der Waals surface area contributed by atoms with Crippen LogP contribution in [0.5, 0.6) is 0 Å². The first-order valence-electron chi connectivity index (χ1n) is 5.44. The Bertz CT molecular complexity index is 742. The molecule has 7 nitrogen and oxygen atoms in total. The van der Waals surface area contributed by atoms with Gasteiger partial charge >= 0.3 is 0 Å². The summed E-state index contributed by atoms with van der Waals surface area (Å²) in [4.78, 5) is 9.41. The largest absolute Gasteiger partial charge is 0.261 e. The molecule has 0 fully saturated rings. The lowest BCUT2D eigenvalue weighted by Crippen LogP contribution is -2.00. The number of rotatable bonds is 2. The molecule has 0 spiro atoms. The maximum absolute atomic E-state index is 8.83. The Labute approximate surface area is 108 Å². The molecule has 0 saturated carbocycles. The molecule has 0 aliphatic carbocycles. The normalized spacial score (nSPS) is 10.1. The Morgan fingerprint density at radius 3 is 2.95 bits per heavy atom.